The zero-order valence-electron chi connectivity index (χ0n) is 7.15. The van der Waals surface area contributed by atoms with E-state index >= 15 is 0 Å². The Morgan fingerprint density at radius 3 is 2.40 bits per heavy atom. The van der Waals surface area contributed by atoms with Crippen LogP contribution < -0.4 is 0 Å². The molecule has 0 bridgehead atoms. The Morgan fingerprint density at radius 1 is 1.60 bits per heavy atom. The maximum atomic E-state index is 6.22. The monoisotopic (exact) mass is 176 g/mol. The minimum atomic E-state index is -1.37. The van der Waals surface area contributed by atoms with Gasteiger partial charge in [0.25, 0.3) is 0 Å². The molecule has 0 aromatic carbocycles. The Kier molecular flexibility index (Phi) is 4.30. The summed E-state index contributed by atoms with van der Waals surface area (Å²) in [6, 6.07) is 0. The molecule has 0 aromatic heterocycles. The van der Waals surface area contributed by atoms with E-state index in [2.05, 4.69) is 26.6 Å². The average Bonchev–Trinajstić information content (AvgIpc) is 1.80. The van der Waals surface area contributed by atoms with Gasteiger partial charge in [-0.3, -0.25) is 0 Å². The molecule has 0 nitrogen and oxygen atoms in total. The summed E-state index contributed by atoms with van der Waals surface area (Å²) in [5.41, 5.74) is 0.701. The molecule has 0 saturated heterocycles. The lowest BCUT2D eigenvalue weighted by molar-refractivity contribution is 0.792. The highest BCUT2D eigenvalue weighted by atomic mass is 35.6. The highest BCUT2D eigenvalue weighted by molar-refractivity contribution is 7.19. The van der Waals surface area contributed by atoms with Crippen LogP contribution in [0.4, 0.5) is 0 Å². The van der Waals surface area contributed by atoms with Gasteiger partial charge in [-0.25, -0.2) is 0 Å². The number of halogens is 1. The first kappa shape index (κ1) is 10.2. The topological polar surface area (TPSA) is 0 Å². The molecule has 0 saturated carbocycles. The van der Waals surface area contributed by atoms with Crippen molar-refractivity contribution < 1.29 is 0 Å². The summed E-state index contributed by atoms with van der Waals surface area (Å²) in [5, 5.41) is 0. The Hall–Kier alpha value is 0.247. The van der Waals surface area contributed by atoms with Crippen LogP contribution in [0.2, 0.25) is 18.6 Å². The molecule has 0 aromatic rings. The van der Waals surface area contributed by atoms with Crippen molar-refractivity contribution in [3.8, 4) is 0 Å². The fraction of sp³-hybridized carbons (Fsp3) is 0.750. The predicted octanol–water partition coefficient (Wildman–Crippen LogP) is 3.79. The van der Waals surface area contributed by atoms with Gasteiger partial charge in [0.1, 0.15) is 0 Å². The second-order valence-corrected chi connectivity index (χ2v) is 10.4. The van der Waals surface area contributed by atoms with Gasteiger partial charge in [0, 0.05) is 0 Å². The lowest BCUT2D eigenvalue weighted by Gasteiger charge is -2.21. The maximum Gasteiger partial charge on any atom is 0.153 e. The lowest BCUT2D eigenvalue weighted by atomic mass is 10.2. The Labute approximate surface area is 70.0 Å². The molecule has 0 rings (SSSR count). The van der Waals surface area contributed by atoms with Gasteiger partial charge in [-0.15, -0.1) is 6.58 Å². The van der Waals surface area contributed by atoms with Gasteiger partial charge in [0.15, 0.2) is 7.38 Å². The smallest absolute Gasteiger partial charge is 0.153 e. The fourth-order valence-corrected chi connectivity index (χ4v) is 1.89. The summed E-state index contributed by atoms with van der Waals surface area (Å²) in [4.78, 5) is 0. The van der Waals surface area contributed by atoms with Crippen LogP contribution in [0.5, 0.6) is 0 Å². The predicted molar refractivity (Wildman–Crippen MR) is 52.2 cm³/mol. The van der Waals surface area contributed by atoms with E-state index in [1.54, 1.807) is 0 Å². The number of allylic oxidation sites excluding steroid dienone is 1. The largest absolute Gasteiger partial charge is 0.167 e. The molecule has 0 aliphatic rings. The molecular formula is C8H17ClSi. The van der Waals surface area contributed by atoms with E-state index < -0.39 is 7.38 Å². The number of hydrogen-bond donors (Lipinski definition) is 0. The van der Waals surface area contributed by atoms with Crippen molar-refractivity contribution in [2.24, 2.45) is 0 Å². The van der Waals surface area contributed by atoms with Crippen LogP contribution in [0.3, 0.4) is 0 Å². The third-order valence-corrected chi connectivity index (χ3v) is 5.73. The first-order chi connectivity index (χ1) is 4.48. The minimum Gasteiger partial charge on any atom is -0.167 e. The van der Waals surface area contributed by atoms with Crippen LogP contribution in [-0.2, 0) is 0 Å². The van der Waals surface area contributed by atoms with E-state index in [1.165, 1.54) is 6.42 Å². The molecule has 2 heteroatoms. The van der Waals surface area contributed by atoms with Gasteiger partial charge >= 0.3 is 0 Å². The molecule has 0 amide bonds. The van der Waals surface area contributed by atoms with Crippen molar-refractivity contribution >= 4 is 18.5 Å². The van der Waals surface area contributed by atoms with Gasteiger partial charge in [0.05, 0.1) is 0 Å². The van der Waals surface area contributed by atoms with Gasteiger partial charge in [-0.2, -0.15) is 11.1 Å². The van der Waals surface area contributed by atoms with Crippen molar-refractivity contribution in [3.05, 3.63) is 12.7 Å². The van der Waals surface area contributed by atoms with Crippen molar-refractivity contribution in [3.63, 3.8) is 0 Å². The van der Waals surface area contributed by atoms with Crippen LogP contribution in [0, 0.1) is 0 Å². The third-order valence-electron chi connectivity index (χ3n) is 1.98. The number of hydrogen-bond acceptors (Lipinski definition) is 0. The van der Waals surface area contributed by atoms with Crippen LogP contribution in [0.25, 0.3) is 0 Å². The van der Waals surface area contributed by atoms with Gasteiger partial charge in [0.2, 0.25) is 0 Å². The summed E-state index contributed by atoms with van der Waals surface area (Å²) in [5.74, 6) is 0. The first-order valence-electron chi connectivity index (χ1n) is 3.78. The second kappa shape index (κ2) is 4.19. The van der Waals surface area contributed by atoms with E-state index in [1.807, 2.05) is 6.08 Å². The Bertz CT molecular complexity index is 104. The molecule has 0 fully saturated rings. The van der Waals surface area contributed by atoms with Crippen molar-refractivity contribution in [2.45, 2.75) is 38.4 Å². The molecule has 0 aliphatic carbocycles. The SMILES string of the molecule is C=CCCC(C)[Si](C)(C)Cl. The van der Waals surface area contributed by atoms with Crippen molar-refractivity contribution in [1.29, 1.82) is 0 Å². The van der Waals surface area contributed by atoms with Gasteiger partial charge in [-0.05, 0) is 18.4 Å². The second-order valence-electron chi connectivity index (χ2n) is 3.33. The fourth-order valence-electron chi connectivity index (χ4n) is 0.711. The molecule has 0 radical (unpaired) electrons. The maximum absolute atomic E-state index is 6.22. The summed E-state index contributed by atoms with van der Waals surface area (Å²) in [6.07, 6.45) is 4.27. The molecule has 10 heavy (non-hydrogen) atoms. The summed E-state index contributed by atoms with van der Waals surface area (Å²) >= 11 is 6.22. The van der Waals surface area contributed by atoms with E-state index in [9.17, 15) is 0 Å². The Balaban J connectivity index is 3.61. The van der Waals surface area contributed by atoms with Gasteiger partial charge < -0.3 is 0 Å². The molecule has 0 heterocycles. The third kappa shape index (κ3) is 4.12. The molecular weight excluding hydrogens is 160 g/mol. The lowest BCUT2D eigenvalue weighted by Crippen LogP contribution is -2.22. The van der Waals surface area contributed by atoms with Crippen molar-refractivity contribution in [2.75, 3.05) is 0 Å². The molecule has 0 aliphatic heterocycles. The van der Waals surface area contributed by atoms with E-state index in [0.29, 0.717) is 5.54 Å². The highest BCUT2D eigenvalue weighted by Gasteiger charge is 2.24. The standard InChI is InChI=1S/C8H17ClSi/c1-5-6-7-8(2)10(3,4)9/h5,8H,1,6-7H2,2-4H3. The average molecular weight is 177 g/mol. The summed E-state index contributed by atoms with van der Waals surface area (Å²) < 4.78 is 0. The molecule has 60 valence electrons. The highest BCUT2D eigenvalue weighted by Crippen LogP contribution is 2.29. The molecule has 0 N–H and O–H groups in total. The number of rotatable bonds is 4. The zero-order valence-corrected chi connectivity index (χ0v) is 8.91. The van der Waals surface area contributed by atoms with Crippen LogP contribution in [0.1, 0.15) is 19.8 Å². The van der Waals surface area contributed by atoms with E-state index in [-0.39, 0.29) is 0 Å². The molecule has 1 atom stereocenters. The van der Waals surface area contributed by atoms with Crippen molar-refractivity contribution in [1.82, 2.24) is 0 Å². The molecule has 1 unspecified atom stereocenters. The quantitative estimate of drug-likeness (QED) is 0.348. The zero-order chi connectivity index (χ0) is 8.20. The Morgan fingerprint density at radius 2 is 2.10 bits per heavy atom. The first-order valence-corrected chi connectivity index (χ1v) is 7.87. The van der Waals surface area contributed by atoms with E-state index in [0.717, 1.165) is 6.42 Å². The van der Waals surface area contributed by atoms with Gasteiger partial charge in [-0.1, -0.05) is 26.1 Å². The van der Waals surface area contributed by atoms with E-state index in [4.69, 9.17) is 11.1 Å². The minimum absolute atomic E-state index is 0.701. The normalized spacial score (nSPS) is 14.8. The summed E-state index contributed by atoms with van der Waals surface area (Å²) in [6.45, 7) is 10.3. The van der Waals surface area contributed by atoms with Crippen LogP contribution in [-0.4, -0.2) is 7.38 Å². The summed E-state index contributed by atoms with van der Waals surface area (Å²) in [7, 11) is -1.37. The van der Waals surface area contributed by atoms with Crippen LogP contribution >= 0.6 is 11.1 Å². The molecule has 0 spiro atoms. The van der Waals surface area contributed by atoms with Crippen LogP contribution in [0.15, 0.2) is 12.7 Å².